The van der Waals surface area contributed by atoms with Crippen molar-refractivity contribution in [3.63, 3.8) is 0 Å². The van der Waals surface area contributed by atoms with Crippen molar-refractivity contribution in [2.75, 3.05) is 6.54 Å². The molecule has 0 aliphatic rings. The van der Waals surface area contributed by atoms with Gasteiger partial charge in [0, 0.05) is 6.54 Å². The van der Waals surface area contributed by atoms with Gasteiger partial charge in [0.25, 0.3) is 0 Å². The smallest absolute Gasteiger partial charge is 0.329 e. The normalized spacial score (nSPS) is 10.4. The number of nitrogens with zero attached hydrogens (tertiary/aromatic N) is 1. The highest BCUT2D eigenvalue weighted by Gasteiger charge is 2.10. The lowest BCUT2D eigenvalue weighted by molar-refractivity contribution is -0.139. The first-order valence-electron chi connectivity index (χ1n) is 6.00. The number of halogens is 1. The number of carbonyl (C=O) groups is 2. The third kappa shape index (κ3) is 5.76. The zero-order valence-electron chi connectivity index (χ0n) is 10.6. The number of carbonyl (C=O) groups excluding carboxylic acids is 2. The minimum absolute atomic E-state index is 0.350. The first-order chi connectivity index (χ1) is 9.13. The van der Waals surface area contributed by atoms with Gasteiger partial charge in [-0.3, -0.25) is 9.59 Å². The van der Waals surface area contributed by atoms with Gasteiger partial charge >= 0.3 is 11.8 Å². The number of benzene rings is 1. The molecule has 19 heavy (non-hydrogen) atoms. The van der Waals surface area contributed by atoms with E-state index in [1.807, 2.05) is 6.92 Å². The molecular weight excluding hydrogens is 249 g/mol. The molecule has 5 nitrogen and oxygen atoms in total. The van der Waals surface area contributed by atoms with Crippen molar-refractivity contribution in [3.8, 4) is 0 Å². The number of hydrazone groups is 1. The molecular formula is C13H16FN3O2. The van der Waals surface area contributed by atoms with Crippen molar-refractivity contribution in [2.45, 2.75) is 19.8 Å². The van der Waals surface area contributed by atoms with Gasteiger partial charge in [-0.25, -0.2) is 9.82 Å². The van der Waals surface area contributed by atoms with Crippen LogP contribution in [0.5, 0.6) is 0 Å². The summed E-state index contributed by atoms with van der Waals surface area (Å²) in [7, 11) is 0. The van der Waals surface area contributed by atoms with Crippen LogP contribution in [0, 0.1) is 5.82 Å². The van der Waals surface area contributed by atoms with E-state index in [2.05, 4.69) is 15.8 Å². The number of hydrogen-bond donors (Lipinski definition) is 2. The summed E-state index contributed by atoms with van der Waals surface area (Å²) in [6, 6.07) is 5.57. The first kappa shape index (κ1) is 14.8. The molecule has 0 aliphatic heterocycles. The molecule has 0 aliphatic carbocycles. The number of unbranched alkanes of at least 4 members (excludes halogenated alkanes) is 1. The van der Waals surface area contributed by atoms with Gasteiger partial charge in [-0.1, -0.05) is 25.5 Å². The van der Waals surface area contributed by atoms with E-state index in [4.69, 9.17) is 0 Å². The van der Waals surface area contributed by atoms with Crippen LogP contribution in [-0.4, -0.2) is 24.6 Å². The van der Waals surface area contributed by atoms with E-state index in [-0.39, 0.29) is 5.82 Å². The second kappa shape index (κ2) is 7.97. The summed E-state index contributed by atoms with van der Waals surface area (Å²) < 4.78 is 12.6. The maximum Gasteiger partial charge on any atom is 0.329 e. The average Bonchev–Trinajstić information content (AvgIpc) is 2.41. The lowest BCUT2D eigenvalue weighted by Crippen LogP contribution is -2.38. The van der Waals surface area contributed by atoms with Crippen molar-refractivity contribution >= 4 is 18.0 Å². The molecule has 1 rings (SSSR count). The minimum atomic E-state index is -0.825. The SMILES string of the molecule is CCCCNC(=O)C(=O)N/N=C/c1ccc(F)cc1. The highest BCUT2D eigenvalue weighted by atomic mass is 19.1. The summed E-state index contributed by atoms with van der Waals surface area (Å²) in [6.07, 6.45) is 3.08. The molecule has 2 N–H and O–H groups in total. The highest BCUT2D eigenvalue weighted by molar-refractivity contribution is 6.35. The standard InChI is InChI=1S/C13H16FN3O2/c1-2-3-8-15-12(18)13(19)17-16-9-10-4-6-11(14)7-5-10/h4-7,9H,2-3,8H2,1H3,(H,15,18)(H,17,19)/b16-9+. The molecule has 1 aromatic rings. The second-order valence-corrected chi connectivity index (χ2v) is 3.86. The second-order valence-electron chi connectivity index (χ2n) is 3.86. The Morgan fingerprint density at radius 2 is 1.95 bits per heavy atom. The Hall–Kier alpha value is -2.24. The Balaban J connectivity index is 2.36. The number of hydrogen-bond acceptors (Lipinski definition) is 3. The molecule has 2 amide bonds. The molecule has 0 bridgehead atoms. The number of rotatable bonds is 5. The van der Waals surface area contributed by atoms with Gasteiger partial charge in [0.15, 0.2) is 0 Å². The predicted octanol–water partition coefficient (Wildman–Crippen LogP) is 1.19. The fourth-order valence-electron chi connectivity index (χ4n) is 1.22. The van der Waals surface area contributed by atoms with Crippen molar-refractivity contribution in [1.29, 1.82) is 0 Å². The van der Waals surface area contributed by atoms with Gasteiger partial charge in [0.1, 0.15) is 5.82 Å². The van der Waals surface area contributed by atoms with Crippen LogP contribution < -0.4 is 10.7 Å². The molecule has 0 saturated carbocycles. The third-order valence-corrected chi connectivity index (χ3v) is 2.27. The van der Waals surface area contributed by atoms with Gasteiger partial charge < -0.3 is 5.32 Å². The summed E-state index contributed by atoms with van der Waals surface area (Å²) in [6.45, 7) is 2.45. The molecule has 0 spiro atoms. The van der Waals surface area contributed by atoms with E-state index in [1.165, 1.54) is 30.5 Å². The topological polar surface area (TPSA) is 70.6 Å². The summed E-state index contributed by atoms with van der Waals surface area (Å²) in [5.41, 5.74) is 2.72. The Bertz CT molecular complexity index is 457. The molecule has 102 valence electrons. The third-order valence-electron chi connectivity index (χ3n) is 2.27. The molecule has 0 unspecified atom stereocenters. The summed E-state index contributed by atoms with van der Waals surface area (Å²) >= 11 is 0. The maximum absolute atomic E-state index is 12.6. The Kier molecular flexibility index (Phi) is 6.21. The Labute approximate surface area is 110 Å². The van der Waals surface area contributed by atoms with Gasteiger partial charge in [-0.2, -0.15) is 5.10 Å². The Morgan fingerprint density at radius 3 is 2.58 bits per heavy atom. The van der Waals surface area contributed by atoms with E-state index in [0.29, 0.717) is 12.1 Å². The van der Waals surface area contributed by atoms with Crippen molar-refractivity contribution in [1.82, 2.24) is 10.7 Å². The fourth-order valence-corrected chi connectivity index (χ4v) is 1.22. The lowest BCUT2D eigenvalue weighted by Gasteiger charge is -2.02. The van der Waals surface area contributed by atoms with Crippen molar-refractivity contribution < 1.29 is 14.0 Å². The van der Waals surface area contributed by atoms with Crippen LogP contribution in [0.3, 0.4) is 0 Å². The summed E-state index contributed by atoms with van der Waals surface area (Å²) in [4.78, 5) is 22.5. The van der Waals surface area contributed by atoms with Crippen molar-refractivity contribution in [3.05, 3.63) is 35.6 Å². The number of nitrogens with one attached hydrogen (secondary N) is 2. The average molecular weight is 265 g/mol. The summed E-state index contributed by atoms with van der Waals surface area (Å²) in [5, 5.41) is 6.08. The first-order valence-corrected chi connectivity index (χ1v) is 6.00. The zero-order chi connectivity index (χ0) is 14.1. The van der Waals surface area contributed by atoms with Crippen LogP contribution in [0.25, 0.3) is 0 Å². The van der Waals surface area contributed by atoms with Gasteiger partial charge in [-0.15, -0.1) is 0 Å². The van der Waals surface area contributed by atoms with Crippen LogP contribution in [0.1, 0.15) is 25.3 Å². The van der Waals surface area contributed by atoms with E-state index in [0.717, 1.165) is 12.8 Å². The molecule has 0 fully saturated rings. The van der Waals surface area contributed by atoms with Gasteiger partial charge in [-0.05, 0) is 24.1 Å². The van der Waals surface area contributed by atoms with Crippen LogP contribution in [0.15, 0.2) is 29.4 Å². The van der Waals surface area contributed by atoms with Gasteiger partial charge in [0.2, 0.25) is 0 Å². The van der Waals surface area contributed by atoms with Crippen LogP contribution in [0.4, 0.5) is 4.39 Å². The van der Waals surface area contributed by atoms with E-state index >= 15 is 0 Å². The maximum atomic E-state index is 12.6. The van der Waals surface area contributed by atoms with Crippen molar-refractivity contribution in [2.24, 2.45) is 5.10 Å². The monoisotopic (exact) mass is 265 g/mol. The fraction of sp³-hybridized carbons (Fsp3) is 0.308. The molecule has 0 radical (unpaired) electrons. The van der Waals surface area contributed by atoms with Crippen LogP contribution in [0.2, 0.25) is 0 Å². The predicted molar refractivity (Wildman–Crippen MR) is 70.1 cm³/mol. The van der Waals surface area contributed by atoms with Crippen LogP contribution >= 0.6 is 0 Å². The molecule has 0 saturated heterocycles. The zero-order valence-corrected chi connectivity index (χ0v) is 10.6. The van der Waals surface area contributed by atoms with Gasteiger partial charge in [0.05, 0.1) is 6.21 Å². The largest absolute Gasteiger partial charge is 0.348 e. The summed E-state index contributed by atoms with van der Waals surface area (Å²) in [5.74, 6) is -1.89. The molecule has 1 aromatic carbocycles. The Morgan fingerprint density at radius 1 is 1.26 bits per heavy atom. The van der Waals surface area contributed by atoms with E-state index < -0.39 is 11.8 Å². The number of amides is 2. The lowest BCUT2D eigenvalue weighted by atomic mass is 10.2. The van der Waals surface area contributed by atoms with E-state index in [9.17, 15) is 14.0 Å². The quantitative estimate of drug-likeness (QED) is 0.363. The minimum Gasteiger partial charge on any atom is -0.348 e. The van der Waals surface area contributed by atoms with Crippen LogP contribution in [-0.2, 0) is 9.59 Å². The highest BCUT2D eigenvalue weighted by Crippen LogP contribution is 1.99. The molecule has 0 heterocycles. The molecule has 0 aromatic heterocycles. The molecule has 0 atom stereocenters. The van der Waals surface area contributed by atoms with E-state index in [1.54, 1.807) is 0 Å². The molecule has 6 heteroatoms.